The van der Waals surface area contributed by atoms with Crippen molar-refractivity contribution < 1.29 is 9.90 Å². The van der Waals surface area contributed by atoms with Crippen LogP contribution in [0.1, 0.15) is 48.6 Å². The second-order valence-corrected chi connectivity index (χ2v) is 4.75. The first-order valence-corrected chi connectivity index (χ1v) is 5.84. The third kappa shape index (κ3) is 1.96. The van der Waals surface area contributed by atoms with Crippen LogP contribution in [0.3, 0.4) is 0 Å². The third-order valence-electron chi connectivity index (χ3n) is 3.75. The zero-order valence-electron chi connectivity index (χ0n) is 9.79. The Labute approximate surface area is 95.1 Å². The Hall–Kier alpha value is -1.32. The number of carboxylic acid groups (broad SMARTS) is 1. The van der Waals surface area contributed by atoms with Crippen LogP contribution in [0.2, 0.25) is 0 Å². The van der Waals surface area contributed by atoms with E-state index in [0.29, 0.717) is 5.92 Å². The Morgan fingerprint density at radius 1 is 1.31 bits per heavy atom. The van der Waals surface area contributed by atoms with Crippen LogP contribution < -0.4 is 0 Å². The molecule has 1 heterocycles. The van der Waals surface area contributed by atoms with E-state index in [9.17, 15) is 4.79 Å². The number of nitrogens with zero attached hydrogens (tertiary/aromatic N) is 1. The number of nitrogens with one attached hydrogen (secondary N) is 1. The second kappa shape index (κ2) is 4.28. The van der Waals surface area contributed by atoms with Gasteiger partial charge in [0.1, 0.15) is 0 Å². The molecule has 1 aromatic heterocycles. The van der Waals surface area contributed by atoms with Crippen molar-refractivity contribution in [3.05, 3.63) is 17.0 Å². The van der Waals surface area contributed by atoms with Crippen LogP contribution in [0.4, 0.5) is 0 Å². The Morgan fingerprint density at radius 3 is 2.38 bits per heavy atom. The maximum absolute atomic E-state index is 10.8. The number of rotatable bonds is 2. The smallest absolute Gasteiger partial charge is 0.306 e. The van der Waals surface area contributed by atoms with Gasteiger partial charge in [0, 0.05) is 11.6 Å². The predicted octanol–water partition coefficient (Wildman–Crippen LogP) is 2.38. The van der Waals surface area contributed by atoms with E-state index in [-0.39, 0.29) is 5.92 Å². The van der Waals surface area contributed by atoms with E-state index in [0.717, 1.165) is 37.1 Å². The summed E-state index contributed by atoms with van der Waals surface area (Å²) in [5.41, 5.74) is 3.50. The van der Waals surface area contributed by atoms with Crippen LogP contribution in [0.5, 0.6) is 0 Å². The minimum Gasteiger partial charge on any atom is -0.481 e. The first kappa shape index (κ1) is 11.2. The number of aliphatic carboxylic acids is 1. The monoisotopic (exact) mass is 222 g/mol. The van der Waals surface area contributed by atoms with Crippen molar-refractivity contribution in [2.24, 2.45) is 5.92 Å². The molecule has 4 nitrogen and oxygen atoms in total. The van der Waals surface area contributed by atoms with Crippen molar-refractivity contribution in [3.8, 4) is 0 Å². The topological polar surface area (TPSA) is 66.0 Å². The van der Waals surface area contributed by atoms with Gasteiger partial charge >= 0.3 is 5.97 Å². The quantitative estimate of drug-likeness (QED) is 0.807. The van der Waals surface area contributed by atoms with Crippen LogP contribution in [0.25, 0.3) is 0 Å². The summed E-state index contributed by atoms with van der Waals surface area (Å²) in [5.74, 6) is -0.342. The van der Waals surface area contributed by atoms with Crippen LogP contribution in [-0.2, 0) is 4.79 Å². The molecule has 1 aliphatic rings. The number of H-pyrrole nitrogens is 1. The van der Waals surface area contributed by atoms with Gasteiger partial charge in [-0.1, -0.05) is 0 Å². The van der Waals surface area contributed by atoms with E-state index in [1.165, 1.54) is 5.56 Å². The fourth-order valence-electron chi connectivity index (χ4n) is 2.52. The Kier molecular flexibility index (Phi) is 2.99. The lowest BCUT2D eigenvalue weighted by Gasteiger charge is -2.25. The summed E-state index contributed by atoms with van der Waals surface area (Å²) in [6.45, 7) is 4.10. The van der Waals surface area contributed by atoms with Crippen molar-refractivity contribution >= 4 is 5.97 Å². The number of hydrogen-bond acceptors (Lipinski definition) is 2. The highest BCUT2D eigenvalue weighted by Gasteiger charge is 2.28. The van der Waals surface area contributed by atoms with Gasteiger partial charge in [0.15, 0.2) is 0 Å². The molecule has 2 N–H and O–H groups in total. The maximum Gasteiger partial charge on any atom is 0.306 e. The summed E-state index contributed by atoms with van der Waals surface area (Å²) < 4.78 is 0. The van der Waals surface area contributed by atoms with Crippen molar-refractivity contribution in [1.82, 2.24) is 10.2 Å². The van der Waals surface area contributed by atoms with Crippen LogP contribution in [-0.4, -0.2) is 21.3 Å². The number of aromatic amines is 1. The lowest BCUT2D eigenvalue weighted by Crippen LogP contribution is -2.21. The molecule has 1 aliphatic carbocycles. The highest BCUT2D eigenvalue weighted by Crippen LogP contribution is 2.36. The molecule has 0 unspecified atom stereocenters. The molecule has 1 saturated carbocycles. The molecule has 0 saturated heterocycles. The number of hydrogen-bond donors (Lipinski definition) is 2. The molecule has 0 spiro atoms. The van der Waals surface area contributed by atoms with Gasteiger partial charge < -0.3 is 5.11 Å². The summed E-state index contributed by atoms with van der Waals surface area (Å²) in [7, 11) is 0. The summed E-state index contributed by atoms with van der Waals surface area (Å²) >= 11 is 0. The van der Waals surface area contributed by atoms with Gasteiger partial charge in [0.25, 0.3) is 0 Å². The second-order valence-electron chi connectivity index (χ2n) is 4.75. The molecular formula is C12H18N2O2. The van der Waals surface area contributed by atoms with Gasteiger partial charge in [-0.05, 0) is 45.1 Å². The molecule has 16 heavy (non-hydrogen) atoms. The van der Waals surface area contributed by atoms with Crippen molar-refractivity contribution in [1.29, 1.82) is 0 Å². The summed E-state index contributed by atoms with van der Waals surface area (Å²) in [4.78, 5) is 10.8. The normalized spacial score (nSPS) is 25.6. The third-order valence-corrected chi connectivity index (χ3v) is 3.75. The van der Waals surface area contributed by atoms with E-state index < -0.39 is 5.97 Å². The largest absolute Gasteiger partial charge is 0.481 e. The van der Waals surface area contributed by atoms with Gasteiger partial charge in [-0.15, -0.1) is 0 Å². The molecule has 0 aliphatic heterocycles. The molecule has 0 aromatic carbocycles. The average molecular weight is 222 g/mol. The van der Waals surface area contributed by atoms with Crippen molar-refractivity contribution in [2.45, 2.75) is 45.4 Å². The summed E-state index contributed by atoms with van der Waals surface area (Å²) in [6.07, 6.45) is 3.46. The maximum atomic E-state index is 10.8. The minimum atomic E-state index is -0.645. The molecule has 1 fully saturated rings. The Balaban J connectivity index is 2.04. The van der Waals surface area contributed by atoms with E-state index >= 15 is 0 Å². The van der Waals surface area contributed by atoms with Gasteiger partial charge in [-0.25, -0.2) is 0 Å². The molecule has 0 amide bonds. The Bertz CT molecular complexity index is 390. The summed E-state index contributed by atoms with van der Waals surface area (Å²) in [5, 5.41) is 16.3. The highest BCUT2D eigenvalue weighted by molar-refractivity contribution is 5.70. The molecule has 88 valence electrons. The van der Waals surface area contributed by atoms with E-state index in [1.54, 1.807) is 0 Å². The van der Waals surface area contributed by atoms with Gasteiger partial charge in [-0.2, -0.15) is 5.10 Å². The van der Waals surface area contributed by atoms with Gasteiger partial charge in [-0.3, -0.25) is 9.89 Å². The zero-order valence-corrected chi connectivity index (χ0v) is 9.79. The number of carboxylic acids is 1. The number of carbonyl (C=O) groups is 1. The zero-order chi connectivity index (χ0) is 11.7. The standard InChI is InChI=1S/C12H18N2O2/c1-7-8(2)13-14-11(7)9-3-5-10(6-4-9)12(15)16/h9-10H,3-6H2,1-2H3,(H,13,14)(H,15,16). The first-order valence-electron chi connectivity index (χ1n) is 5.84. The molecule has 4 heteroatoms. The lowest BCUT2D eigenvalue weighted by atomic mass is 9.80. The fourth-order valence-corrected chi connectivity index (χ4v) is 2.52. The molecule has 0 atom stereocenters. The molecule has 2 rings (SSSR count). The predicted molar refractivity (Wildman–Crippen MR) is 60.4 cm³/mol. The van der Waals surface area contributed by atoms with Crippen molar-refractivity contribution in [2.75, 3.05) is 0 Å². The van der Waals surface area contributed by atoms with Gasteiger partial charge in [0.05, 0.1) is 11.6 Å². The van der Waals surface area contributed by atoms with E-state index in [2.05, 4.69) is 17.1 Å². The molecule has 0 radical (unpaired) electrons. The molecule has 1 aromatic rings. The average Bonchev–Trinajstić information content (AvgIpc) is 2.60. The highest BCUT2D eigenvalue weighted by atomic mass is 16.4. The fraction of sp³-hybridized carbons (Fsp3) is 0.667. The van der Waals surface area contributed by atoms with Crippen LogP contribution in [0.15, 0.2) is 0 Å². The van der Waals surface area contributed by atoms with E-state index in [4.69, 9.17) is 5.11 Å². The van der Waals surface area contributed by atoms with Crippen LogP contribution in [0, 0.1) is 19.8 Å². The molecule has 0 bridgehead atoms. The van der Waals surface area contributed by atoms with Crippen molar-refractivity contribution in [3.63, 3.8) is 0 Å². The first-order chi connectivity index (χ1) is 7.59. The summed E-state index contributed by atoms with van der Waals surface area (Å²) in [6, 6.07) is 0. The van der Waals surface area contributed by atoms with E-state index in [1.807, 2.05) is 6.92 Å². The Morgan fingerprint density at radius 2 is 1.94 bits per heavy atom. The minimum absolute atomic E-state index is 0.142. The molecular weight excluding hydrogens is 204 g/mol. The number of aryl methyl sites for hydroxylation is 1. The van der Waals surface area contributed by atoms with Crippen LogP contribution >= 0.6 is 0 Å². The number of aromatic nitrogens is 2. The SMILES string of the molecule is Cc1[nH]nc(C2CCC(C(=O)O)CC2)c1C. The van der Waals surface area contributed by atoms with Gasteiger partial charge in [0.2, 0.25) is 0 Å². The lowest BCUT2D eigenvalue weighted by molar-refractivity contribution is -0.142.